The average molecular weight is 478 g/mol. The molecule has 0 fully saturated rings. The zero-order chi connectivity index (χ0) is 25.1. The first kappa shape index (κ1) is 23.8. The number of ether oxygens (including phenoxy) is 2. The van der Waals surface area contributed by atoms with Crippen LogP contribution >= 0.6 is 0 Å². The fourth-order valence-electron chi connectivity index (χ4n) is 3.55. The standard InChI is InChI=1S/C25H27N5O5/c1-14(2)30-23-18(13-26-30)17(12-19(27-23)20-7-6-10-34-20)25(32)29-28-24(31)16-8-9-21(35-15(3)4)22(11-16)33-5/h6-15H,1-5H3,(H,28,31)(H,29,32). The summed E-state index contributed by atoms with van der Waals surface area (Å²) in [5.41, 5.74) is 6.54. The second-order valence-electron chi connectivity index (χ2n) is 8.39. The average Bonchev–Trinajstić information content (AvgIpc) is 3.51. The van der Waals surface area contributed by atoms with E-state index in [1.54, 1.807) is 47.3 Å². The Morgan fingerprint density at radius 2 is 1.80 bits per heavy atom. The van der Waals surface area contributed by atoms with Crippen LogP contribution in [0.2, 0.25) is 0 Å². The second-order valence-corrected chi connectivity index (χ2v) is 8.39. The van der Waals surface area contributed by atoms with Crippen LogP contribution in [0.15, 0.2) is 53.3 Å². The Hall–Kier alpha value is -4.34. The van der Waals surface area contributed by atoms with Crippen LogP contribution in [0, 0.1) is 0 Å². The molecule has 0 saturated heterocycles. The minimum Gasteiger partial charge on any atom is -0.493 e. The lowest BCUT2D eigenvalue weighted by molar-refractivity contribution is 0.0847. The van der Waals surface area contributed by atoms with Gasteiger partial charge in [-0.1, -0.05) is 0 Å². The molecule has 0 radical (unpaired) electrons. The maximum atomic E-state index is 13.1. The quantitative estimate of drug-likeness (QED) is 0.384. The molecule has 10 nitrogen and oxygen atoms in total. The number of rotatable bonds is 7. The van der Waals surface area contributed by atoms with Crippen LogP contribution in [0.5, 0.6) is 11.5 Å². The third kappa shape index (κ3) is 4.96. The Morgan fingerprint density at radius 1 is 1.03 bits per heavy atom. The monoisotopic (exact) mass is 477 g/mol. The topological polar surface area (TPSA) is 121 Å². The van der Waals surface area contributed by atoms with Gasteiger partial charge in [-0.15, -0.1) is 0 Å². The van der Waals surface area contributed by atoms with Gasteiger partial charge in [0, 0.05) is 11.6 Å². The number of aromatic nitrogens is 3. The lowest BCUT2D eigenvalue weighted by Crippen LogP contribution is -2.41. The number of hydrazine groups is 1. The van der Waals surface area contributed by atoms with Crippen LogP contribution in [-0.4, -0.2) is 39.8 Å². The fraction of sp³-hybridized carbons (Fsp3) is 0.280. The highest BCUT2D eigenvalue weighted by atomic mass is 16.5. The second kappa shape index (κ2) is 9.88. The molecule has 0 atom stereocenters. The van der Waals surface area contributed by atoms with Crippen LogP contribution in [0.1, 0.15) is 54.5 Å². The summed E-state index contributed by atoms with van der Waals surface area (Å²) in [6, 6.07) is 9.92. The summed E-state index contributed by atoms with van der Waals surface area (Å²) in [6.45, 7) is 7.74. The van der Waals surface area contributed by atoms with Crippen molar-refractivity contribution in [3.63, 3.8) is 0 Å². The van der Waals surface area contributed by atoms with Crippen molar-refractivity contribution >= 4 is 22.8 Å². The molecule has 2 N–H and O–H groups in total. The number of carbonyl (C=O) groups excluding carboxylic acids is 2. The maximum absolute atomic E-state index is 13.1. The van der Waals surface area contributed by atoms with E-state index in [4.69, 9.17) is 13.9 Å². The SMILES string of the molecule is COc1cc(C(=O)NNC(=O)c2cc(-c3ccco3)nc3c2cnn3C(C)C)ccc1OC(C)C. The van der Waals surface area contributed by atoms with Gasteiger partial charge >= 0.3 is 0 Å². The van der Waals surface area contributed by atoms with Gasteiger partial charge in [0.15, 0.2) is 22.9 Å². The van der Waals surface area contributed by atoms with E-state index in [1.807, 2.05) is 27.7 Å². The lowest BCUT2D eigenvalue weighted by Gasteiger charge is -2.15. The smallest absolute Gasteiger partial charge is 0.270 e. The van der Waals surface area contributed by atoms with Gasteiger partial charge in [-0.3, -0.25) is 20.4 Å². The molecule has 0 saturated carbocycles. The third-order valence-corrected chi connectivity index (χ3v) is 5.15. The summed E-state index contributed by atoms with van der Waals surface area (Å²) in [5, 5.41) is 4.93. The lowest BCUT2D eigenvalue weighted by atomic mass is 10.1. The van der Waals surface area contributed by atoms with Crippen molar-refractivity contribution in [3.05, 3.63) is 60.0 Å². The van der Waals surface area contributed by atoms with Crippen LogP contribution < -0.4 is 20.3 Å². The van der Waals surface area contributed by atoms with Crippen molar-refractivity contribution in [3.8, 4) is 23.0 Å². The number of hydrogen-bond donors (Lipinski definition) is 2. The molecule has 0 spiro atoms. The van der Waals surface area contributed by atoms with Gasteiger partial charge in [0.05, 0.1) is 36.6 Å². The fourth-order valence-corrected chi connectivity index (χ4v) is 3.55. The molecule has 2 amide bonds. The summed E-state index contributed by atoms with van der Waals surface area (Å²) in [6.07, 6.45) is 3.07. The highest BCUT2D eigenvalue weighted by molar-refractivity contribution is 6.07. The van der Waals surface area contributed by atoms with E-state index in [9.17, 15) is 9.59 Å². The number of furan rings is 1. The first-order valence-corrected chi connectivity index (χ1v) is 11.2. The number of nitrogens with zero attached hydrogens (tertiary/aromatic N) is 3. The first-order chi connectivity index (χ1) is 16.8. The molecule has 3 aromatic heterocycles. The first-order valence-electron chi connectivity index (χ1n) is 11.2. The van der Waals surface area contributed by atoms with Crippen molar-refractivity contribution in [2.75, 3.05) is 7.11 Å². The van der Waals surface area contributed by atoms with Crippen molar-refractivity contribution in [1.29, 1.82) is 0 Å². The summed E-state index contributed by atoms with van der Waals surface area (Å²) in [7, 11) is 1.49. The number of hydrogen-bond acceptors (Lipinski definition) is 7. The molecule has 4 aromatic rings. The van der Waals surface area contributed by atoms with Crippen molar-refractivity contribution in [2.24, 2.45) is 0 Å². The van der Waals surface area contributed by atoms with Crippen LogP contribution in [0.3, 0.4) is 0 Å². The third-order valence-electron chi connectivity index (χ3n) is 5.15. The largest absolute Gasteiger partial charge is 0.493 e. The minimum atomic E-state index is -0.520. The van der Waals surface area contributed by atoms with Gasteiger partial charge in [-0.2, -0.15) is 5.10 Å². The molecular formula is C25H27N5O5. The predicted molar refractivity (Wildman–Crippen MR) is 129 cm³/mol. The van der Waals surface area contributed by atoms with Crippen LogP contribution in [0.4, 0.5) is 0 Å². The molecule has 35 heavy (non-hydrogen) atoms. The van der Waals surface area contributed by atoms with Crippen molar-refractivity contribution in [1.82, 2.24) is 25.6 Å². The summed E-state index contributed by atoms with van der Waals surface area (Å²) in [5.74, 6) is 0.417. The van der Waals surface area contributed by atoms with Gasteiger partial charge < -0.3 is 13.9 Å². The Labute approximate surface area is 202 Å². The molecule has 10 heteroatoms. The van der Waals surface area contributed by atoms with E-state index >= 15 is 0 Å². The molecule has 0 aliphatic carbocycles. The van der Waals surface area contributed by atoms with Gasteiger partial charge in [0.2, 0.25) is 0 Å². The van der Waals surface area contributed by atoms with Gasteiger partial charge in [0.25, 0.3) is 11.8 Å². The van der Waals surface area contributed by atoms with E-state index in [0.717, 1.165) is 0 Å². The molecule has 0 aliphatic rings. The zero-order valence-electron chi connectivity index (χ0n) is 20.2. The Morgan fingerprint density at radius 3 is 2.46 bits per heavy atom. The van der Waals surface area contributed by atoms with Gasteiger partial charge in [-0.05, 0) is 64.1 Å². The summed E-state index contributed by atoms with van der Waals surface area (Å²) < 4.78 is 18.2. The van der Waals surface area contributed by atoms with E-state index in [2.05, 4.69) is 20.9 Å². The van der Waals surface area contributed by atoms with E-state index in [1.165, 1.54) is 13.4 Å². The number of carbonyl (C=O) groups is 2. The minimum absolute atomic E-state index is 0.0279. The number of pyridine rings is 1. The van der Waals surface area contributed by atoms with Gasteiger partial charge in [-0.25, -0.2) is 9.67 Å². The molecule has 0 aliphatic heterocycles. The summed E-state index contributed by atoms with van der Waals surface area (Å²) >= 11 is 0. The maximum Gasteiger partial charge on any atom is 0.270 e. The molecular weight excluding hydrogens is 450 g/mol. The summed E-state index contributed by atoms with van der Waals surface area (Å²) in [4.78, 5) is 30.5. The van der Waals surface area contributed by atoms with E-state index in [-0.39, 0.29) is 12.1 Å². The highest BCUT2D eigenvalue weighted by Gasteiger charge is 2.20. The van der Waals surface area contributed by atoms with E-state index < -0.39 is 11.8 Å². The predicted octanol–water partition coefficient (Wildman–Crippen LogP) is 4.14. The number of nitrogens with one attached hydrogen (secondary N) is 2. The van der Waals surface area contributed by atoms with Crippen LogP contribution in [0.25, 0.3) is 22.5 Å². The molecule has 1 aromatic carbocycles. The normalized spacial score (nSPS) is 11.2. The Balaban J connectivity index is 1.59. The molecule has 182 valence electrons. The van der Waals surface area contributed by atoms with Crippen molar-refractivity contribution < 1.29 is 23.5 Å². The van der Waals surface area contributed by atoms with Gasteiger partial charge in [0.1, 0.15) is 5.69 Å². The number of fused-ring (bicyclic) bond motifs is 1. The molecule has 0 unspecified atom stereocenters. The van der Waals surface area contributed by atoms with Crippen molar-refractivity contribution in [2.45, 2.75) is 39.8 Å². The molecule has 0 bridgehead atoms. The number of methoxy groups -OCH3 is 1. The molecule has 4 rings (SSSR count). The number of benzene rings is 1. The molecule has 3 heterocycles. The highest BCUT2D eigenvalue weighted by Crippen LogP contribution is 2.29. The Kier molecular flexibility index (Phi) is 6.72. The van der Waals surface area contributed by atoms with E-state index in [0.29, 0.717) is 45.1 Å². The zero-order valence-corrected chi connectivity index (χ0v) is 20.2. The Bertz CT molecular complexity index is 1360. The van der Waals surface area contributed by atoms with Crippen LogP contribution in [-0.2, 0) is 0 Å². The number of amides is 2.